The van der Waals surface area contributed by atoms with Crippen molar-refractivity contribution in [2.75, 3.05) is 12.4 Å². The molecule has 66 valence electrons. The van der Waals surface area contributed by atoms with Crippen LogP contribution in [0.3, 0.4) is 0 Å². The van der Waals surface area contributed by atoms with Crippen molar-refractivity contribution in [3.63, 3.8) is 0 Å². The summed E-state index contributed by atoms with van der Waals surface area (Å²) in [6, 6.07) is 1.23. The molecule has 0 N–H and O–H groups in total. The van der Waals surface area contributed by atoms with Gasteiger partial charge in [-0.25, -0.2) is 4.39 Å². The molecule has 0 aromatic rings. The zero-order chi connectivity index (χ0) is 9.14. The average Bonchev–Trinajstić information content (AvgIpc) is 2.45. The molecular weight excluding hydrogens is 183 g/mol. The fourth-order valence-electron chi connectivity index (χ4n) is 1.26. The minimum atomic E-state index is -1.08. The lowest BCUT2D eigenvalue weighted by atomic mass is 10.2. The fourth-order valence-corrected chi connectivity index (χ4v) is 1.41. The standard InChI is InChI=1S/C7H8ClFN2O/c8-2-7(12)11-4-5(9)1-6(11)3-10/h5-6H,1-2,4H2. The SMILES string of the molecule is N#CC1CC(F)CN1C(=O)CCl. The first-order valence-corrected chi connectivity index (χ1v) is 4.11. The van der Waals surface area contributed by atoms with E-state index in [1.807, 2.05) is 6.07 Å². The van der Waals surface area contributed by atoms with Gasteiger partial charge in [0.2, 0.25) is 5.91 Å². The molecule has 1 saturated heterocycles. The first kappa shape index (κ1) is 9.27. The Hall–Kier alpha value is -0.820. The van der Waals surface area contributed by atoms with E-state index in [4.69, 9.17) is 16.9 Å². The summed E-state index contributed by atoms with van der Waals surface area (Å²) in [5, 5.41) is 8.54. The van der Waals surface area contributed by atoms with Crippen molar-refractivity contribution in [1.82, 2.24) is 4.90 Å². The van der Waals surface area contributed by atoms with Crippen LogP contribution >= 0.6 is 11.6 Å². The first-order valence-electron chi connectivity index (χ1n) is 3.58. The van der Waals surface area contributed by atoms with Crippen LogP contribution in [0.1, 0.15) is 6.42 Å². The summed E-state index contributed by atoms with van der Waals surface area (Å²) in [4.78, 5) is 12.2. The summed E-state index contributed by atoms with van der Waals surface area (Å²) in [6.07, 6.45) is -0.971. The van der Waals surface area contributed by atoms with Gasteiger partial charge in [0, 0.05) is 6.42 Å². The Kier molecular flexibility index (Phi) is 2.88. The van der Waals surface area contributed by atoms with Crippen molar-refractivity contribution in [2.45, 2.75) is 18.6 Å². The molecule has 1 rings (SSSR count). The summed E-state index contributed by atoms with van der Waals surface area (Å²) in [5.74, 6) is -0.561. The van der Waals surface area contributed by atoms with Crippen molar-refractivity contribution >= 4 is 17.5 Å². The summed E-state index contributed by atoms with van der Waals surface area (Å²) >= 11 is 5.28. The first-order chi connectivity index (χ1) is 5.69. The van der Waals surface area contributed by atoms with Gasteiger partial charge in [-0.3, -0.25) is 4.79 Å². The number of nitrogens with zero attached hydrogens (tertiary/aromatic N) is 2. The van der Waals surface area contributed by atoms with Crippen molar-refractivity contribution in [1.29, 1.82) is 5.26 Å². The molecule has 0 aromatic heterocycles. The van der Waals surface area contributed by atoms with Gasteiger partial charge in [0.15, 0.2) is 0 Å². The van der Waals surface area contributed by atoms with Crippen molar-refractivity contribution in [3.8, 4) is 6.07 Å². The van der Waals surface area contributed by atoms with E-state index in [2.05, 4.69) is 0 Å². The van der Waals surface area contributed by atoms with Crippen LogP contribution < -0.4 is 0 Å². The lowest BCUT2D eigenvalue weighted by Gasteiger charge is -2.16. The zero-order valence-corrected chi connectivity index (χ0v) is 7.09. The molecule has 0 aromatic carbocycles. The normalized spacial score (nSPS) is 28.6. The smallest absolute Gasteiger partial charge is 0.238 e. The van der Waals surface area contributed by atoms with E-state index < -0.39 is 12.2 Å². The van der Waals surface area contributed by atoms with Crippen molar-refractivity contribution in [2.24, 2.45) is 0 Å². The molecule has 2 unspecified atom stereocenters. The van der Waals surface area contributed by atoms with Crippen LogP contribution in [0.2, 0.25) is 0 Å². The predicted octanol–water partition coefficient (Wildman–Crippen LogP) is 0.688. The molecule has 1 fully saturated rings. The van der Waals surface area contributed by atoms with Crippen LogP contribution in [-0.4, -0.2) is 35.4 Å². The molecule has 0 saturated carbocycles. The molecule has 0 aliphatic carbocycles. The third-order valence-corrected chi connectivity index (χ3v) is 2.06. The Balaban J connectivity index is 2.65. The molecule has 2 atom stereocenters. The van der Waals surface area contributed by atoms with Gasteiger partial charge < -0.3 is 4.90 Å². The second-order valence-corrected chi connectivity index (χ2v) is 2.92. The van der Waals surface area contributed by atoms with E-state index >= 15 is 0 Å². The van der Waals surface area contributed by atoms with Gasteiger partial charge in [0.05, 0.1) is 12.6 Å². The van der Waals surface area contributed by atoms with Crippen LogP contribution in [0.4, 0.5) is 4.39 Å². The van der Waals surface area contributed by atoms with Gasteiger partial charge in [0.25, 0.3) is 0 Å². The summed E-state index contributed by atoms with van der Waals surface area (Å²) in [5.41, 5.74) is 0. The molecule has 0 spiro atoms. The number of likely N-dealkylation sites (tertiary alicyclic amines) is 1. The molecule has 1 aliphatic heterocycles. The molecule has 0 bridgehead atoms. The Morgan fingerprint density at radius 3 is 3.00 bits per heavy atom. The molecule has 3 nitrogen and oxygen atoms in total. The van der Waals surface area contributed by atoms with Gasteiger partial charge in [-0.2, -0.15) is 5.26 Å². The Morgan fingerprint density at radius 2 is 2.50 bits per heavy atom. The molecule has 1 amide bonds. The lowest BCUT2D eigenvalue weighted by molar-refractivity contribution is -0.128. The van der Waals surface area contributed by atoms with E-state index in [-0.39, 0.29) is 24.8 Å². The highest BCUT2D eigenvalue weighted by atomic mass is 35.5. The minimum Gasteiger partial charge on any atom is -0.323 e. The number of carbonyl (C=O) groups is 1. The van der Waals surface area contributed by atoms with Crippen molar-refractivity contribution < 1.29 is 9.18 Å². The number of hydrogen-bond acceptors (Lipinski definition) is 2. The highest BCUT2D eigenvalue weighted by Crippen LogP contribution is 2.19. The number of amides is 1. The number of nitriles is 1. The maximum Gasteiger partial charge on any atom is 0.238 e. The van der Waals surface area contributed by atoms with Gasteiger partial charge in [-0.1, -0.05) is 0 Å². The predicted molar refractivity (Wildman–Crippen MR) is 41.3 cm³/mol. The summed E-state index contributed by atoms with van der Waals surface area (Å²) < 4.78 is 12.7. The summed E-state index contributed by atoms with van der Waals surface area (Å²) in [7, 11) is 0. The number of rotatable bonds is 1. The Labute approximate surface area is 74.7 Å². The van der Waals surface area contributed by atoms with E-state index in [0.717, 1.165) is 0 Å². The zero-order valence-electron chi connectivity index (χ0n) is 6.33. The highest BCUT2D eigenvalue weighted by molar-refractivity contribution is 6.27. The van der Waals surface area contributed by atoms with Gasteiger partial charge in [0.1, 0.15) is 18.1 Å². The van der Waals surface area contributed by atoms with Gasteiger partial charge in [-0.15, -0.1) is 11.6 Å². The van der Waals surface area contributed by atoms with E-state index in [1.165, 1.54) is 4.90 Å². The van der Waals surface area contributed by atoms with Gasteiger partial charge in [-0.05, 0) is 0 Å². The van der Waals surface area contributed by atoms with Crippen LogP contribution in [0.25, 0.3) is 0 Å². The second-order valence-electron chi connectivity index (χ2n) is 2.66. The third-order valence-electron chi connectivity index (χ3n) is 1.83. The monoisotopic (exact) mass is 190 g/mol. The maximum absolute atomic E-state index is 12.7. The second kappa shape index (κ2) is 3.72. The Bertz CT molecular complexity index is 228. The lowest BCUT2D eigenvalue weighted by Crippen LogP contribution is -2.35. The number of halogens is 2. The maximum atomic E-state index is 12.7. The van der Waals surface area contributed by atoms with E-state index in [9.17, 15) is 9.18 Å². The van der Waals surface area contributed by atoms with Crippen LogP contribution in [-0.2, 0) is 4.79 Å². The quantitative estimate of drug-likeness (QED) is 0.571. The van der Waals surface area contributed by atoms with Gasteiger partial charge >= 0.3 is 0 Å². The molecule has 5 heteroatoms. The Morgan fingerprint density at radius 1 is 1.83 bits per heavy atom. The van der Waals surface area contributed by atoms with E-state index in [1.54, 1.807) is 0 Å². The molecule has 12 heavy (non-hydrogen) atoms. The minimum absolute atomic E-state index is 0.00375. The third kappa shape index (κ3) is 1.67. The average molecular weight is 191 g/mol. The van der Waals surface area contributed by atoms with E-state index in [0.29, 0.717) is 0 Å². The number of hydrogen-bond donors (Lipinski definition) is 0. The topological polar surface area (TPSA) is 44.1 Å². The number of carbonyl (C=O) groups excluding carboxylic acids is 1. The van der Waals surface area contributed by atoms with Crippen LogP contribution in [0.15, 0.2) is 0 Å². The summed E-state index contributed by atoms with van der Waals surface area (Å²) in [6.45, 7) is 0.00375. The molecule has 0 radical (unpaired) electrons. The molecular formula is C7H8ClFN2O. The number of alkyl halides is 2. The van der Waals surface area contributed by atoms with Crippen LogP contribution in [0.5, 0.6) is 0 Å². The highest BCUT2D eigenvalue weighted by Gasteiger charge is 2.34. The molecule has 1 aliphatic rings. The largest absolute Gasteiger partial charge is 0.323 e. The fraction of sp³-hybridized carbons (Fsp3) is 0.714. The molecule has 1 heterocycles. The van der Waals surface area contributed by atoms with Crippen molar-refractivity contribution in [3.05, 3.63) is 0 Å². The van der Waals surface area contributed by atoms with Crippen LogP contribution in [0, 0.1) is 11.3 Å².